The fourth-order valence-corrected chi connectivity index (χ4v) is 4.97. The van der Waals surface area contributed by atoms with Crippen molar-refractivity contribution >= 4 is 5.97 Å². The molecule has 4 rings (SSSR count). The Morgan fingerprint density at radius 2 is 2.11 bits per heavy atom. The first-order valence-electron chi connectivity index (χ1n) is 7.00. The lowest BCUT2D eigenvalue weighted by Crippen LogP contribution is -2.52. The third-order valence-electron chi connectivity index (χ3n) is 6.70. The van der Waals surface area contributed by atoms with E-state index in [4.69, 9.17) is 9.47 Å². The Morgan fingerprint density at radius 1 is 1.33 bits per heavy atom. The van der Waals surface area contributed by atoms with Gasteiger partial charge in [0, 0.05) is 5.41 Å². The Balaban J connectivity index is 1.91. The van der Waals surface area contributed by atoms with Crippen LogP contribution in [0.15, 0.2) is 12.2 Å². The highest BCUT2D eigenvalue weighted by atomic mass is 16.8. The van der Waals surface area contributed by atoms with Crippen molar-refractivity contribution in [2.45, 2.75) is 52.4 Å². The molecular formula is C15H20O3. The van der Waals surface area contributed by atoms with Gasteiger partial charge in [0.1, 0.15) is 11.5 Å². The second-order valence-electron chi connectivity index (χ2n) is 6.96. The molecule has 3 heteroatoms. The molecule has 0 bridgehead atoms. The Labute approximate surface area is 108 Å². The standard InChI is InChI=1S/C15H20O3/c1-9-5-4-6-14(3)13(9,2)7-8-15(14)10-11(17-10)18-12(15)16/h4,6,9-11H,5,7-8H2,1-3H3. The molecule has 2 aliphatic heterocycles. The Hall–Kier alpha value is -0.830. The minimum Gasteiger partial charge on any atom is -0.432 e. The third kappa shape index (κ3) is 0.870. The molecular weight excluding hydrogens is 228 g/mol. The van der Waals surface area contributed by atoms with Crippen molar-refractivity contribution in [2.75, 3.05) is 0 Å². The van der Waals surface area contributed by atoms with E-state index in [1.807, 2.05) is 0 Å². The Morgan fingerprint density at radius 3 is 2.78 bits per heavy atom. The molecule has 3 nitrogen and oxygen atoms in total. The molecule has 0 radical (unpaired) electrons. The molecule has 1 saturated carbocycles. The molecule has 0 N–H and O–H groups in total. The second kappa shape index (κ2) is 2.84. The summed E-state index contributed by atoms with van der Waals surface area (Å²) in [4.78, 5) is 12.4. The molecule has 1 spiro atoms. The molecule has 2 heterocycles. The van der Waals surface area contributed by atoms with Crippen molar-refractivity contribution in [1.82, 2.24) is 0 Å². The molecule has 0 aromatic heterocycles. The molecule has 3 fully saturated rings. The molecule has 4 aliphatic rings. The number of hydrogen-bond acceptors (Lipinski definition) is 3. The van der Waals surface area contributed by atoms with Crippen LogP contribution in [0.5, 0.6) is 0 Å². The summed E-state index contributed by atoms with van der Waals surface area (Å²) in [6, 6.07) is 0. The second-order valence-corrected chi connectivity index (χ2v) is 6.96. The smallest absolute Gasteiger partial charge is 0.318 e. The summed E-state index contributed by atoms with van der Waals surface area (Å²) in [5.74, 6) is 0.589. The van der Waals surface area contributed by atoms with Gasteiger partial charge >= 0.3 is 5.97 Å². The van der Waals surface area contributed by atoms with Gasteiger partial charge in [-0.3, -0.25) is 4.79 Å². The number of fused-ring (bicyclic) bond motifs is 4. The zero-order valence-electron chi connectivity index (χ0n) is 11.2. The molecule has 0 aromatic carbocycles. The zero-order chi connectivity index (χ0) is 12.8. The Kier molecular flexibility index (Phi) is 1.74. The number of hydrogen-bond donors (Lipinski definition) is 0. The van der Waals surface area contributed by atoms with Crippen LogP contribution in [-0.2, 0) is 14.3 Å². The first-order valence-corrected chi connectivity index (χ1v) is 7.00. The van der Waals surface area contributed by atoms with Crippen LogP contribution in [0.25, 0.3) is 0 Å². The quantitative estimate of drug-likeness (QED) is 0.376. The Bertz CT molecular complexity index is 470. The highest BCUT2D eigenvalue weighted by Crippen LogP contribution is 2.74. The monoisotopic (exact) mass is 248 g/mol. The molecule has 18 heavy (non-hydrogen) atoms. The number of allylic oxidation sites excluding steroid dienone is 2. The van der Waals surface area contributed by atoms with Crippen molar-refractivity contribution in [1.29, 1.82) is 0 Å². The summed E-state index contributed by atoms with van der Waals surface area (Å²) < 4.78 is 11.0. The summed E-state index contributed by atoms with van der Waals surface area (Å²) >= 11 is 0. The van der Waals surface area contributed by atoms with Gasteiger partial charge in [-0.05, 0) is 30.6 Å². The van der Waals surface area contributed by atoms with Crippen molar-refractivity contribution in [2.24, 2.45) is 22.2 Å². The molecule has 6 unspecified atom stereocenters. The fourth-order valence-electron chi connectivity index (χ4n) is 4.97. The first kappa shape index (κ1) is 11.0. The van der Waals surface area contributed by atoms with E-state index in [0.717, 1.165) is 19.3 Å². The van der Waals surface area contributed by atoms with Crippen LogP contribution in [0.2, 0.25) is 0 Å². The van der Waals surface area contributed by atoms with Gasteiger partial charge in [0.15, 0.2) is 0 Å². The largest absolute Gasteiger partial charge is 0.432 e. The van der Waals surface area contributed by atoms with Crippen molar-refractivity contribution in [3.05, 3.63) is 12.2 Å². The number of epoxide rings is 1. The lowest BCUT2D eigenvalue weighted by molar-refractivity contribution is -0.167. The van der Waals surface area contributed by atoms with E-state index >= 15 is 0 Å². The van der Waals surface area contributed by atoms with Crippen LogP contribution in [0, 0.1) is 22.2 Å². The van der Waals surface area contributed by atoms with E-state index in [1.54, 1.807) is 0 Å². The molecule has 2 saturated heterocycles. The van der Waals surface area contributed by atoms with E-state index < -0.39 is 5.41 Å². The average Bonchev–Trinajstić information content (AvgIpc) is 2.94. The lowest BCUT2D eigenvalue weighted by atomic mass is 9.51. The average molecular weight is 248 g/mol. The zero-order valence-corrected chi connectivity index (χ0v) is 11.2. The van der Waals surface area contributed by atoms with E-state index in [-0.39, 0.29) is 29.2 Å². The minimum atomic E-state index is -0.419. The predicted octanol–water partition coefficient (Wildman–Crippen LogP) is 2.66. The van der Waals surface area contributed by atoms with E-state index in [2.05, 4.69) is 32.9 Å². The predicted molar refractivity (Wildman–Crippen MR) is 65.6 cm³/mol. The van der Waals surface area contributed by atoms with Gasteiger partial charge in [-0.15, -0.1) is 0 Å². The molecule has 98 valence electrons. The SMILES string of the molecule is CC1CC=CC2(C)C1(C)CCC21C(=O)OC2OC21. The van der Waals surface area contributed by atoms with Crippen LogP contribution in [0.3, 0.4) is 0 Å². The number of esters is 1. The number of carbonyl (C=O) groups excluding carboxylic acids is 1. The minimum absolute atomic E-state index is 0.00627. The number of ether oxygens (including phenoxy) is 2. The number of rotatable bonds is 0. The van der Waals surface area contributed by atoms with Gasteiger partial charge in [-0.25, -0.2) is 0 Å². The van der Waals surface area contributed by atoms with E-state index in [1.165, 1.54) is 0 Å². The topological polar surface area (TPSA) is 38.8 Å². The maximum atomic E-state index is 12.4. The molecule has 0 aromatic rings. The third-order valence-corrected chi connectivity index (χ3v) is 6.70. The first-order chi connectivity index (χ1) is 8.46. The molecule has 2 aliphatic carbocycles. The van der Waals surface area contributed by atoms with Crippen LogP contribution < -0.4 is 0 Å². The fraction of sp³-hybridized carbons (Fsp3) is 0.800. The van der Waals surface area contributed by atoms with Gasteiger partial charge in [0.25, 0.3) is 0 Å². The van der Waals surface area contributed by atoms with Crippen LogP contribution in [0.1, 0.15) is 40.0 Å². The van der Waals surface area contributed by atoms with Crippen molar-refractivity contribution in [3.63, 3.8) is 0 Å². The summed E-state index contributed by atoms with van der Waals surface area (Å²) in [5, 5.41) is 0. The van der Waals surface area contributed by atoms with Gasteiger partial charge < -0.3 is 9.47 Å². The summed E-state index contributed by atoms with van der Waals surface area (Å²) in [6.45, 7) is 6.91. The van der Waals surface area contributed by atoms with E-state index in [0.29, 0.717) is 5.92 Å². The maximum Gasteiger partial charge on any atom is 0.318 e. The lowest BCUT2D eigenvalue weighted by Gasteiger charge is -2.51. The van der Waals surface area contributed by atoms with Crippen LogP contribution >= 0.6 is 0 Å². The van der Waals surface area contributed by atoms with Crippen LogP contribution in [0.4, 0.5) is 0 Å². The van der Waals surface area contributed by atoms with Crippen molar-refractivity contribution in [3.8, 4) is 0 Å². The summed E-state index contributed by atoms with van der Waals surface area (Å²) in [7, 11) is 0. The van der Waals surface area contributed by atoms with Gasteiger partial charge in [0.05, 0.1) is 0 Å². The van der Waals surface area contributed by atoms with Gasteiger partial charge in [-0.1, -0.05) is 32.9 Å². The van der Waals surface area contributed by atoms with E-state index in [9.17, 15) is 4.79 Å². The highest BCUT2D eigenvalue weighted by Gasteiger charge is 2.80. The molecule has 0 amide bonds. The highest BCUT2D eigenvalue weighted by molar-refractivity contribution is 5.83. The summed E-state index contributed by atoms with van der Waals surface area (Å²) in [6.07, 6.45) is 7.42. The summed E-state index contributed by atoms with van der Waals surface area (Å²) in [5.41, 5.74) is -0.357. The maximum absolute atomic E-state index is 12.4. The number of carbonyl (C=O) groups is 1. The van der Waals surface area contributed by atoms with Gasteiger partial charge in [-0.2, -0.15) is 0 Å². The van der Waals surface area contributed by atoms with Crippen molar-refractivity contribution < 1.29 is 14.3 Å². The normalized spacial score (nSPS) is 60.6. The van der Waals surface area contributed by atoms with Gasteiger partial charge in [0.2, 0.25) is 6.29 Å². The van der Waals surface area contributed by atoms with Crippen LogP contribution in [-0.4, -0.2) is 18.4 Å². The molecule has 6 atom stereocenters.